The van der Waals surface area contributed by atoms with Gasteiger partial charge in [0, 0.05) is 6.54 Å². The van der Waals surface area contributed by atoms with Crippen LogP contribution in [0.2, 0.25) is 0 Å². The van der Waals surface area contributed by atoms with Gasteiger partial charge < -0.3 is 0 Å². The van der Waals surface area contributed by atoms with E-state index in [2.05, 4.69) is 5.32 Å². The Kier molecular flexibility index (Phi) is 3.74. The molecular formula is C10H14FN. The third-order valence-corrected chi connectivity index (χ3v) is 1.73. The van der Waals surface area contributed by atoms with E-state index in [-0.39, 0.29) is 0 Å². The highest BCUT2D eigenvalue weighted by atomic mass is 19.1. The van der Waals surface area contributed by atoms with Gasteiger partial charge in [-0.05, 0) is 12.0 Å². The van der Waals surface area contributed by atoms with E-state index in [4.69, 9.17) is 0 Å². The van der Waals surface area contributed by atoms with Crippen LogP contribution >= 0.6 is 0 Å². The quantitative estimate of drug-likeness (QED) is 0.679. The average Bonchev–Trinajstić information content (AvgIpc) is 2.16. The van der Waals surface area contributed by atoms with Crippen LogP contribution in [0.3, 0.4) is 0 Å². The smallest absolute Gasteiger partial charge is 0.151 e. The maximum Gasteiger partial charge on any atom is 0.151 e. The highest BCUT2D eigenvalue weighted by molar-refractivity contribution is 5.14. The van der Waals surface area contributed by atoms with Gasteiger partial charge in [0.05, 0.1) is 0 Å². The summed E-state index contributed by atoms with van der Waals surface area (Å²) in [4.78, 5) is 0. The highest BCUT2D eigenvalue weighted by Gasteiger charge is 2.00. The predicted octanol–water partition coefficient (Wildman–Crippen LogP) is 2.48. The Morgan fingerprint density at radius 2 is 2.00 bits per heavy atom. The Balaban J connectivity index is 2.33. The first-order valence-electron chi connectivity index (χ1n) is 4.24. The molecule has 1 rings (SSSR count). The molecule has 1 aromatic rings. The molecule has 1 unspecified atom stereocenters. The molecular weight excluding hydrogens is 153 g/mol. The van der Waals surface area contributed by atoms with Crippen molar-refractivity contribution in [2.75, 3.05) is 0 Å². The molecule has 0 fully saturated rings. The Hall–Kier alpha value is -0.890. The molecule has 0 spiro atoms. The molecule has 66 valence electrons. The highest BCUT2D eigenvalue weighted by Crippen LogP contribution is 1.99. The number of alkyl halides is 1. The number of hydrogen-bond acceptors (Lipinski definition) is 1. The minimum Gasteiger partial charge on any atom is -0.284 e. The maximum absolute atomic E-state index is 12.7. The van der Waals surface area contributed by atoms with E-state index < -0.39 is 6.30 Å². The summed E-state index contributed by atoms with van der Waals surface area (Å²) in [6.45, 7) is 2.43. The van der Waals surface area contributed by atoms with Gasteiger partial charge in [-0.2, -0.15) is 0 Å². The van der Waals surface area contributed by atoms with E-state index in [1.807, 2.05) is 37.3 Å². The molecule has 12 heavy (non-hydrogen) atoms. The molecule has 1 nitrogen and oxygen atoms in total. The zero-order valence-corrected chi connectivity index (χ0v) is 7.26. The fraction of sp³-hybridized carbons (Fsp3) is 0.400. The largest absolute Gasteiger partial charge is 0.284 e. The fourth-order valence-corrected chi connectivity index (χ4v) is 0.969. The van der Waals surface area contributed by atoms with Crippen LogP contribution in [0.1, 0.15) is 18.9 Å². The third-order valence-electron chi connectivity index (χ3n) is 1.73. The van der Waals surface area contributed by atoms with E-state index in [0.29, 0.717) is 13.0 Å². The summed E-state index contributed by atoms with van der Waals surface area (Å²) in [5.41, 5.74) is 1.12. The number of halogens is 1. The fourth-order valence-electron chi connectivity index (χ4n) is 0.969. The molecule has 0 aliphatic heterocycles. The van der Waals surface area contributed by atoms with Gasteiger partial charge in [0.15, 0.2) is 6.30 Å². The van der Waals surface area contributed by atoms with Gasteiger partial charge in [0.2, 0.25) is 0 Å². The first kappa shape index (κ1) is 9.20. The Morgan fingerprint density at radius 3 is 2.58 bits per heavy atom. The molecule has 0 aliphatic rings. The summed E-state index contributed by atoms with van der Waals surface area (Å²) in [5, 5.41) is 2.78. The van der Waals surface area contributed by atoms with Gasteiger partial charge in [-0.1, -0.05) is 37.3 Å². The van der Waals surface area contributed by atoms with E-state index in [9.17, 15) is 4.39 Å². The second kappa shape index (κ2) is 4.88. The molecule has 1 aromatic carbocycles. The van der Waals surface area contributed by atoms with Crippen molar-refractivity contribution in [3.8, 4) is 0 Å². The standard InChI is InChI=1S/C10H14FN/c1-2-10(11)12-8-9-6-4-3-5-7-9/h3-7,10,12H,2,8H2,1H3. The lowest BCUT2D eigenvalue weighted by atomic mass is 10.2. The molecule has 0 aromatic heterocycles. The van der Waals surface area contributed by atoms with Crippen LogP contribution in [0, 0.1) is 0 Å². The minimum absolute atomic E-state index is 0.521. The second-order valence-electron chi connectivity index (χ2n) is 2.74. The number of benzene rings is 1. The summed E-state index contributed by atoms with van der Waals surface area (Å²) >= 11 is 0. The number of rotatable bonds is 4. The van der Waals surface area contributed by atoms with Crippen LogP contribution in [-0.4, -0.2) is 6.30 Å². The van der Waals surface area contributed by atoms with E-state index in [1.54, 1.807) is 0 Å². The average molecular weight is 167 g/mol. The SMILES string of the molecule is CCC(F)NCc1ccccc1. The van der Waals surface area contributed by atoms with Gasteiger partial charge in [0.25, 0.3) is 0 Å². The molecule has 0 amide bonds. The zero-order chi connectivity index (χ0) is 8.81. The Morgan fingerprint density at radius 1 is 1.33 bits per heavy atom. The van der Waals surface area contributed by atoms with Crippen molar-refractivity contribution >= 4 is 0 Å². The summed E-state index contributed by atoms with van der Waals surface area (Å²) in [6.07, 6.45) is -0.363. The van der Waals surface area contributed by atoms with Crippen molar-refractivity contribution in [1.29, 1.82) is 0 Å². The predicted molar refractivity (Wildman–Crippen MR) is 48.5 cm³/mol. The van der Waals surface area contributed by atoms with E-state index >= 15 is 0 Å². The molecule has 1 atom stereocenters. The third kappa shape index (κ3) is 3.01. The molecule has 0 radical (unpaired) electrons. The van der Waals surface area contributed by atoms with Crippen LogP contribution in [0.15, 0.2) is 30.3 Å². The van der Waals surface area contributed by atoms with E-state index in [0.717, 1.165) is 5.56 Å². The number of hydrogen-bond donors (Lipinski definition) is 1. The first-order chi connectivity index (χ1) is 5.83. The zero-order valence-electron chi connectivity index (χ0n) is 7.26. The summed E-state index contributed by atoms with van der Waals surface area (Å²) < 4.78 is 12.7. The van der Waals surface area contributed by atoms with Crippen LogP contribution in [-0.2, 0) is 6.54 Å². The molecule has 0 heterocycles. The maximum atomic E-state index is 12.7. The van der Waals surface area contributed by atoms with Crippen molar-refractivity contribution in [3.63, 3.8) is 0 Å². The van der Waals surface area contributed by atoms with Gasteiger partial charge in [0.1, 0.15) is 0 Å². The molecule has 2 heteroatoms. The van der Waals surface area contributed by atoms with Crippen LogP contribution < -0.4 is 5.32 Å². The van der Waals surface area contributed by atoms with Crippen molar-refractivity contribution in [2.45, 2.75) is 26.2 Å². The van der Waals surface area contributed by atoms with Gasteiger partial charge >= 0.3 is 0 Å². The van der Waals surface area contributed by atoms with Crippen LogP contribution in [0.5, 0.6) is 0 Å². The van der Waals surface area contributed by atoms with Crippen molar-refractivity contribution in [3.05, 3.63) is 35.9 Å². The lowest BCUT2D eigenvalue weighted by Gasteiger charge is -2.07. The molecule has 0 saturated carbocycles. The normalized spacial score (nSPS) is 12.8. The second-order valence-corrected chi connectivity index (χ2v) is 2.74. The van der Waals surface area contributed by atoms with Crippen molar-refractivity contribution < 1.29 is 4.39 Å². The van der Waals surface area contributed by atoms with Gasteiger partial charge in [-0.3, -0.25) is 5.32 Å². The Labute approximate surface area is 72.6 Å². The monoisotopic (exact) mass is 167 g/mol. The van der Waals surface area contributed by atoms with Gasteiger partial charge in [-0.25, -0.2) is 4.39 Å². The lowest BCUT2D eigenvalue weighted by molar-refractivity contribution is 0.264. The first-order valence-corrected chi connectivity index (χ1v) is 4.24. The topological polar surface area (TPSA) is 12.0 Å². The van der Waals surface area contributed by atoms with Crippen molar-refractivity contribution in [1.82, 2.24) is 5.32 Å². The number of nitrogens with one attached hydrogen (secondary N) is 1. The Bertz CT molecular complexity index is 210. The minimum atomic E-state index is -0.884. The van der Waals surface area contributed by atoms with Crippen LogP contribution in [0.4, 0.5) is 4.39 Å². The summed E-state index contributed by atoms with van der Waals surface area (Å²) in [5.74, 6) is 0. The molecule has 0 bridgehead atoms. The summed E-state index contributed by atoms with van der Waals surface area (Å²) in [6, 6.07) is 9.83. The van der Waals surface area contributed by atoms with Crippen molar-refractivity contribution in [2.24, 2.45) is 0 Å². The molecule has 0 aliphatic carbocycles. The molecule has 1 N–H and O–H groups in total. The van der Waals surface area contributed by atoms with Crippen LogP contribution in [0.25, 0.3) is 0 Å². The van der Waals surface area contributed by atoms with Gasteiger partial charge in [-0.15, -0.1) is 0 Å². The molecule has 0 saturated heterocycles. The van der Waals surface area contributed by atoms with E-state index in [1.165, 1.54) is 0 Å². The summed E-state index contributed by atoms with van der Waals surface area (Å²) in [7, 11) is 0. The lowest BCUT2D eigenvalue weighted by Crippen LogP contribution is -2.22.